The lowest BCUT2D eigenvalue weighted by Crippen LogP contribution is -1.96. The molecule has 0 atom stereocenters. The molecule has 0 saturated carbocycles. The molecule has 104 valence electrons. The number of rotatable bonds is 3. The van der Waals surface area contributed by atoms with Gasteiger partial charge in [-0.15, -0.1) is 0 Å². The second kappa shape index (κ2) is 5.49. The van der Waals surface area contributed by atoms with Gasteiger partial charge in [-0.25, -0.2) is 9.48 Å². The fourth-order valence-corrected chi connectivity index (χ4v) is 2.24. The monoisotopic (exact) mass is 343 g/mol. The average molecular weight is 344 g/mol. The van der Waals surface area contributed by atoms with E-state index in [9.17, 15) is 9.90 Å². The van der Waals surface area contributed by atoms with Gasteiger partial charge < -0.3 is 5.11 Å². The Hall–Kier alpha value is -2.47. The molecule has 0 bridgehead atoms. The van der Waals surface area contributed by atoms with Crippen LogP contribution in [0.1, 0.15) is 10.4 Å². The van der Waals surface area contributed by atoms with Crippen LogP contribution in [0.3, 0.4) is 0 Å². The SMILES string of the molecule is O=C(O)c1cn(-c2ccc(Br)cc2)nc1-c1cccnc1. The molecule has 5 nitrogen and oxygen atoms in total. The van der Waals surface area contributed by atoms with Crippen LogP contribution in [-0.4, -0.2) is 25.8 Å². The molecule has 0 amide bonds. The zero-order valence-corrected chi connectivity index (χ0v) is 12.4. The van der Waals surface area contributed by atoms with Gasteiger partial charge in [-0.2, -0.15) is 5.10 Å². The van der Waals surface area contributed by atoms with Gasteiger partial charge in [0.15, 0.2) is 0 Å². The first-order valence-electron chi connectivity index (χ1n) is 6.14. The van der Waals surface area contributed by atoms with Crippen molar-refractivity contribution in [1.29, 1.82) is 0 Å². The molecule has 1 N–H and O–H groups in total. The summed E-state index contributed by atoms with van der Waals surface area (Å²) in [7, 11) is 0. The minimum atomic E-state index is -1.02. The highest BCUT2D eigenvalue weighted by molar-refractivity contribution is 9.10. The number of carboxylic acid groups (broad SMARTS) is 1. The van der Waals surface area contributed by atoms with Gasteiger partial charge in [0.2, 0.25) is 0 Å². The minimum absolute atomic E-state index is 0.144. The van der Waals surface area contributed by atoms with Gasteiger partial charge in [-0.1, -0.05) is 15.9 Å². The molecule has 0 aliphatic heterocycles. The summed E-state index contributed by atoms with van der Waals surface area (Å²) in [5.41, 5.74) is 2.01. The molecule has 0 aliphatic carbocycles. The number of hydrogen-bond donors (Lipinski definition) is 1. The van der Waals surface area contributed by atoms with E-state index in [-0.39, 0.29) is 5.56 Å². The van der Waals surface area contributed by atoms with Crippen LogP contribution in [0.4, 0.5) is 0 Å². The predicted molar refractivity (Wildman–Crippen MR) is 81.5 cm³/mol. The molecule has 0 unspecified atom stereocenters. The summed E-state index contributed by atoms with van der Waals surface area (Å²) < 4.78 is 2.50. The highest BCUT2D eigenvalue weighted by Crippen LogP contribution is 2.23. The van der Waals surface area contributed by atoms with Gasteiger partial charge >= 0.3 is 5.97 Å². The normalized spacial score (nSPS) is 10.5. The van der Waals surface area contributed by atoms with Crippen LogP contribution in [0.15, 0.2) is 59.5 Å². The largest absolute Gasteiger partial charge is 0.478 e. The summed E-state index contributed by atoms with van der Waals surface area (Å²) >= 11 is 3.37. The number of nitrogens with zero attached hydrogens (tertiary/aromatic N) is 3. The Morgan fingerprint density at radius 2 is 1.95 bits per heavy atom. The van der Waals surface area contributed by atoms with Crippen LogP contribution in [0, 0.1) is 0 Å². The van der Waals surface area contributed by atoms with Crippen LogP contribution in [0.25, 0.3) is 16.9 Å². The number of pyridine rings is 1. The van der Waals surface area contributed by atoms with E-state index in [1.54, 1.807) is 29.2 Å². The second-order valence-electron chi connectivity index (χ2n) is 4.36. The Morgan fingerprint density at radius 1 is 1.19 bits per heavy atom. The maximum Gasteiger partial charge on any atom is 0.339 e. The Kier molecular flexibility index (Phi) is 3.53. The number of carboxylic acids is 1. The van der Waals surface area contributed by atoms with Gasteiger partial charge in [0.1, 0.15) is 11.3 Å². The Morgan fingerprint density at radius 3 is 2.57 bits per heavy atom. The van der Waals surface area contributed by atoms with Crippen LogP contribution >= 0.6 is 15.9 Å². The fourth-order valence-electron chi connectivity index (χ4n) is 1.97. The number of benzene rings is 1. The first-order valence-corrected chi connectivity index (χ1v) is 6.94. The van der Waals surface area contributed by atoms with Gasteiger partial charge in [0.05, 0.1) is 5.69 Å². The van der Waals surface area contributed by atoms with Crippen molar-refractivity contribution in [2.75, 3.05) is 0 Å². The van der Waals surface area contributed by atoms with Crippen molar-refractivity contribution in [2.45, 2.75) is 0 Å². The van der Waals surface area contributed by atoms with Crippen molar-refractivity contribution in [2.24, 2.45) is 0 Å². The van der Waals surface area contributed by atoms with Crippen molar-refractivity contribution < 1.29 is 9.90 Å². The lowest BCUT2D eigenvalue weighted by atomic mass is 10.1. The highest BCUT2D eigenvalue weighted by Gasteiger charge is 2.17. The molecule has 2 aromatic heterocycles. The number of halogens is 1. The van der Waals surface area contributed by atoms with E-state index in [1.807, 2.05) is 24.3 Å². The molecule has 3 rings (SSSR count). The first kappa shape index (κ1) is 13.5. The van der Waals surface area contributed by atoms with E-state index in [0.717, 1.165) is 10.2 Å². The van der Waals surface area contributed by atoms with Crippen molar-refractivity contribution in [3.63, 3.8) is 0 Å². The maximum absolute atomic E-state index is 11.4. The van der Waals surface area contributed by atoms with Crippen molar-refractivity contribution in [1.82, 2.24) is 14.8 Å². The molecular formula is C15H10BrN3O2. The summed E-state index contributed by atoms with van der Waals surface area (Å²) in [5.74, 6) is -1.02. The number of aromatic carboxylic acids is 1. The number of aromatic nitrogens is 3. The van der Waals surface area contributed by atoms with Crippen LogP contribution in [0.5, 0.6) is 0 Å². The molecule has 3 aromatic rings. The first-order chi connectivity index (χ1) is 10.1. The van der Waals surface area contributed by atoms with Crippen LogP contribution in [0.2, 0.25) is 0 Å². The van der Waals surface area contributed by atoms with Crippen molar-refractivity contribution >= 4 is 21.9 Å². The van der Waals surface area contributed by atoms with Crippen LogP contribution < -0.4 is 0 Å². The van der Waals surface area contributed by atoms with Gasteiger partial charge in [-0.05, 0) is 36.4 Å². The van der Waals surface area contributed by atoms with E-state index in [4.69, 9.17) is 0 Å². The molecule has 0 fully saturated rings. The van der Waals surface area contributed by atoms with E-state index < -0.39 is 5.97 Å². The van der Waals surface area contributed by atoms with Crippen LogP contribution in [-0.2, 0) is 0 Å². The molecule has 21 heavy (non-hydrogen) atoms. The quantitative estimate of drug-likeness (QED) is 0.791. The highest BCUT2D eigenvalue weighted by atomic mass is 79.9. The van der Waals surface area contributed by atoms with E-state index in [1.165, 1.54) is 6.20 Å². The predicted octanol–water partition coefficient (Wildman–Crippen LogP) is 3.40. The summed E-state index contributed by atoms with van der Waals surface area (Å²) in [6, 6.07) is 11.0. The topological polar surface area (TPSA) is 68.0 Å². The second-order valence-corrected chi connectivity index (χ2v) is 5.27. The van der Waals surface area contributed by atoms with Crippen molar-refractivity contribution in [3.05, 3.63) is 65.0 Å². The van der Waals surface area contributed by atoms with Gasteiger partial charge in [0, 0.05) is 28.6 Å². The average Bonchev–Trinajstić information content (AvgIpc) is 2.94. The smallest absolute Gasteiger partial charge is 0.339 e. The summed E-state index contributed by atoms with van der Waals surface area (Å²) in [6.07, 6.45) is 4.74. The molecule has 6 heteroatoms. The molecule has 2 heterocycles. The third-order valence-electron chi connectivity index (χ3n) is 2.97. The molecule has 1 aromatic carbocycles. The molecule has 0 aliphatic rings. The third kappa shape index (κ3) is 2.71. The molecule has 0 spiro atoms. The number of carbonyl (C=O) groups is 1. The maximum atomic E-state index is 11.4. The van der Waals surface area contributed by atoms with E-state index in [0.29, 0.717) is 11.3 Å². The zero-order valence-electron chi connectivity index (χ0n) is 10.8. The number of hydrogen-bond acceptors (Lipinski definition) is 3. The zero-order chi connectivity index (χ0) is 14.8. The van der Waals surface area contributed by atoms with E-state index in [2.05, 4.69) is 26.0 Å². The summed E-state index contributed by atoms with van der Waals surface area (Å²) in [6.45, 7) is 0. The third-order valence-corrected chi connectivity index (χ3v) is 3.50. The van der Waals surface area contributed by atoms with Gasteiger partial charge in [0.25, 0.3) is 0 Å². The molecule has 0 radical (unpaired) electrons. The molecular weight excluding hydrogens is 334 g/mol. The Labute approximate surface area is 129 Å². The fraction of sp³-hybridized carbons (Fsp3) is 0. The Bertz CT molecular complexity index is 782. The standard InChI is InChI=1S/C15H10BrN3O2/c16-11-3-5-12(6-4-11)19-9-13(15(20)21)14(18-19)10-2-1-7-17-8-10/h1-9H,(H,20,21). The lowest BCUT2D eigenvalue weighted by Gasteiger charge is -2.00. The minimum Gasteiger partial charge on any atom is -0.478 e. The summed E-state index contributed by atoms with van der Waals surface area (Å²) in [4.78, 5) is 15.4. The lowest BCUT2D eigenvalue weighted by molar-refractivity contribution is 0.0697. The summed E-state index contributed by atoms with van der Waals surface area (Å²) in [5, 5.41) is 13.7. The van der Waals surface area contributed by atoms with Crippen molar-refractivity contribution in [3.8, 4) is 16.9 Å². The Balaban J connectivity index is 2.13. The van der Waals surface area contributed by atoms with E-state index >= 15 is 0 Å². The van der Waals surface area contributed by atoms with Gasteiger partial charge in [-0.3, -0.25) is 4.98 Å². The molecule has 0 saturated heterocycles.